The molecule has 3 aromatic carbocycles. The summed E-state index contributed by atoms with van der Waals surface area (Å²) in [5.41, 5.74) is 8.20. The van der Waals surface area contributed by atoms with E-state index in [9.17, 15) is 9.18 Å². The number of halogens is 1. The van der Waals surface area contributed by atoms with Crippen LogP contribution in [0.25, 0.3) is 22.0 Å². The minimum absolute atomic E-state index is 0.113. The number of amides is 1. The number of fused-ring (bicyclic) bond motifs is 1. The van der Waals surface area contributed by atoms with Crippen molar-refractivity contribution in [1.29, 1.82) is 0 Å². The van der Waals surface area contributed by atoms with Crippen LogP contribution in [0.3, 0.4) is 0 Å². The van der Waals surface area contributed by atoms with E-state index >= 15 is 0 Å². The number of carbonyl (C=O) groups excluding carboxylic acids is 1. The van der Waals surface area contributed by atoms with Crippen LogP contribution in [-0.4, -0.2) is 16.6 Å². The van der Waals surface area contributed by atoms with E-state index in [0.717, 1.165) is 22.0 Å². The molecule has 0 fully saturated rings. The Balaban J connectivity index is 1.44. The van der Waals surface area contributed by atoms with Gasteiger partial charge in [-0.05, 0) is 35.7 Å². The van der Waals surface area contributed by atoms with Crippen molar-refractivity contribution in [3.63, 3.8) is 0 Å². The summed E-state index contributed by atoms with van der Waals surface area (Å²) in [4.78, 5) is 16.9. The fourth-order valence-corrected chi connectivity index (χ4v) is 4.59. The SMILES string of the molecule is Nc1sc(SCC(=O)Nc2cccc3ccccc23)nc1-c1ccc(F)cc1. The lowest BCUT2D eigenvalue weighted by atomic mass is 10.1. The van der Waals surface area contributed by atoms with Crippen molar-refractivity contribution in [2.75, 3.05) is 16.8 Å². The zero-order valence-corrected chi connectivity index (χ0v) is 16.3. The lowest BCUT2D eigenvalue weighted by molar-refractivity contribution is -0.113. The lowest BCUT2D eigenvalue weighted by Crippen LogP contribution is -2.14. The van der Waals surface area contributed by atoms with Gasteiger partial charge in [0.1, 0.15) is 16.5 Å². The molecular formula is C21H16FN3OS2. The number of rotatable bonds is 5. The maximum atomic E-state index is 13.1. The molecule has 0 unspecified atom stereocenters. The average molecular weight is 410 g/mol. The Morgan fingerprint density at radius 2 is 1.82 bits per heavy atom. The van der Waals surface area contributed by atoms with Crippen LogP contribution in [0.4, 0.5) is 15.1 Å². The van der Waals surface area contributed by atoms with Crippen molar-refractivity contribution in [3.05, 3.63) is 72.5 Å². The monoisotopic (exact) mass is 409 g/mol. The number of nitrogens with zero attached hydrogens (tertiary/aromatic N) is 1. The molecule has 1 heterocycles. The molecule has 28 heavy (non-hydrogen) atoms. The van der Waals surface area contributed by atoms with Crippen LogP contribution in [0, 0.1) is 5.82 Å². The summed E-state index contributed by atoms with van der Waals surface area (Å²) in [5, 5.41) is 5.58. The van der Waals surface area contributed by atoms with Gasteiger partial charge >= 0.3 is 0 Å². The van der Waals surface area contributed by atoms with Crippen LogP contribution in [0.1, 0.15) is 0 Å². The molecule has 140 valence electrons. The molecule has 0 aliphatic rings. The molecular weight excluding hydrogens is 393 g/mol. The Bertz CT molecular complexity index is 1140. The third-order valence-electron chi connectivity index (χ3n) is 4.14. The van der Waals surface area contributed by atoms with Gasteiger partial charge in [-0.25, -0.2) is 9.37 Å². The molecule has 7 heteroatoms. The van der Waals surface area contributed by atoms with Gasteiger partial charge in [0.05, 0.1) is 5.75 Å². The molecule has 1 amide bonds. The van der Waals surface area contributed by atoms with Gasteiger partial charge in [0.15, 0.2) is 4.34 Å². The predicted octanol–water partition coefficient (Wildman–Crippen LogP) is 5.42. The number of hydrogen-bond donors (Lipinski definition) is 2. The van der Waals surface area contributed by atoms with Gasteiger partial charge in [-0.2, -0.15) is 0 Å². The number of nitrogens with one attached hydrogen (secondary N) is 1. The van der Waals surface area contributed by atoms with E-state index in [-0.39, 0.29) is 17.5 Å². The first kappa shape index (κ1) is 18.5. The Kier molecular flexibility index (Phi) is 5.27. The summed E-state index contributed by atoms with van der Waals surface area (Å²) in [6.45, 7) is 0. The van der Waals surface area contributed by atoms with Crippen molar-refractivity contribution < 1.29 is 9.18 Å². The molecule has 4 rings (SSSR count). The molecule has 0 aliphatic carbocycles. The second-order valence-electron chi connectivity index (χ2n) is 6.06. The smallest absolute Gasteiger partial charge is 0.234 e. The molecule has 0 aliphatic heterocycles. The number of thioether (sulfide) groups is 1. The Hall–Kier alpha value is -2.90. The van der Waals surface area contributed by atoms with E-state index in [1.165, 1.54) is 35.2 Å². The largest absolute Gasteiger partial charge is 0.389 e. The first-order valence-electron chi connectivity index (χ1n) is 8.53. The topological polar surface area (TPSA) is 68.0 Å². The zero-order valence-electron chi connectivity index (χ0n) is 14.7. The van der Waals surface area contributed by atoms with Crippen LogP contribution >= 0.6 is 23.1 Å². The van der Waals surface area contributed by atoms with Crippen LogP contribution in [0.15, 0.2) is 71.1 Å². The van der Waals surface area contributed by atoms with Gasteiger partial charge in [0.25, 0.3) is 0 Å². The molecule has 0 bridgehead atoms. The predicted molar refractivity (Wildman–Crippen MR) is 115 cm³/mol. The highest BCUT2D eigenvalue weighted by atomic mass is 32.2. The highest BCUT2D eigenvalue weighted by Gasteiger charge is 2.13. The molecule has 0 radical (unpaired) electrons. The third-order valence-corrected chi connectivity index (χ3v) is 6.17. The van der Waals surface area contributed by atoms with E-state index in [0.29, 0.717) is 15.0 Å². The summed E-state index contributed by atoms with van der Waals surface area (Å²) in [5.74, 6) is -0.199. The van der Waals surface area contributed by atoms with Gasteiger partial charge in [0.2, 0.25) is 5.91 Å². The number of nitrogen functional groups attached to an aromatic ring is 1. The van der Waals surface area contributed by atoms with Gasteiger partial charge in [-0.15, -0.1) is 0 Å². The summed E-state index contributed by atoms with van der Waals surface area (Å²) >= 11 is 2.65. The maximum absolute atomic E-state index is 13.1. The van der Waals surface area contributed by atoms with Crippen LogP contribution in [-0.2, 0) is 4.79 Å². The van der Waals surface area contributed by atoms with E-state index < -0.39 is 0 Å². The van der Waals surface area contributed by atoms with E-state index in [1.807, 2.05) is 42.5 Å². The minimum atomic E-state index is -0.308. The Labute approximate surface area is 169 Å². The van der Waals surface area contributed by atoms with Crippen LogP contribution < -0.4 is 11.1 Å². The van der Waals surface area contributed by atoms with Crippen molar-refractivity contribution in [2.45, 2.75) is 4.34 Å². The van der Waals surface area contributed by atoms with Crippen molar-refractivity contribution >= 4 is 50.5 Å². The van der Waals surface area contributed by atoms with Gasteiger partial charge in [-0.1, -0.05) is 59.5 Å². The number of carbonyl (C=O) groups is 1. The van der Waals surface area contributed by atoms with Crippen molar-refractivity contribution in [3.8, 4) is 11.3 Å². The molecule has 1 aromatic heterocycles. The van der Waals surface area contributed by atoms with Gasteiger partial charge in [-0.3, -0.25) is 4.79 Å². The maximum Gasteiger partial charge on any atom is 0.234 e. The first-order valence-corrected chi connectivity index (χ1v) is 10.3. The summed E-state index contributed by atoms with van der Waals surface area (Å²) in [6.07, 6.45) is 0. The summed E-state index contributed by atoms with van der Waals surface area (Å²) in [7, 11) is 0. The fraction of sp³-hybridized carbons (Fsp3) is 0.0476. The molecule has 3 N–H and O–H groups in total. The first-order chi connectivity index (χ1) is 13.6. The molecule has 4 aromatic rings. The molecule has 0 saturated heterocycles. The van der Waals surface area contributed by atoms with E-state index in [1.54, 1.807) is 12.1 Å². The Morgan fingerprint density at radius 1 is 1.07 bits per heavy atom. The Morgan fingerprint density at radius 3 is 2.64 bits per heavy atom. The molecule has 0 saturated carbocycles. The van der Waals surface area contributed by atoms with E-state index in [2.05, 4.69) is 10.3 Å². The normalized spacial score (nSPS) is 10.9. The molecule has 4 nitrogen and oxygen atoms in total. The third kappa shape index (κ3) is 4.00. The number of anilines is 2. The number of thiazole rings is 1. The molecule has 0 atom stereocenters. The highest BCUT2D eigenvalue weighted by molar-refractivity contribution is 8.01. The number of aromatic nitrogens is 1. The average Bonchev–Trinajstić information content (AvgIpc) is 3.08. The molecule has 0 spiro atoms. The number of benzene rings is 3. The highest BCUT2D eigenvalue weighted by Crippen LogP contribution is 2.35. The van der Waals surface area contributed by atoms with E-state index in [4.69, 9.17) is 5.73 Å². The van der Waals surface area contributed by atoms with Crippen LogP contribution in [0.2, 0.25) is 0 Å². The number of nitrogens with two attached hydrogens (primary N) is 1. The van der Waals surface area contributed by atoms with Crippen molar-refractivity contribution in [2.24, 2.45) is 0 Å². The van der Waals surface area contributed by atoms with Gasteiger partial charge < -0.3 is 11.1 Å². The lowest BCUT2D eigenvalue weighted by Gasteiger charge is -2.08. The second-order valence-corrected chi connectivity index (χ2v) is 8.32. The second kappa shape index (κ2) is 8.00. The summed E-state index contributed by atoms with van der Waals surface area (Å²) in [6, 6.07) is 19.7. The van der Waals surface area contributed by atoms with Gasteiger partial charge in [0, 0.05) is 16.6 Å². The fourth-order valence-electron chi connectivity index (χ4n) is 2.84. The number of hydrogen-bond acceptors (Lipinski definition) is 5. The summed E-state index contributed by atoms with van der Waals surface area (Å²) < 4.78 is 13.8. The zero-order chi connectivity index (χ0) is 19.5. The quantitative estimate of drug-likeness (QED) is 0.432. The minimum Gasteiger partial charge on any atom is -0.389 e. The standard InChI is InChI=1S/C21H16FN3OS2/c22-15-10-8-14(9-11-15)19-20(23)28-21(25-19)27-12-18(26)24-17-7-3-5-13-4-1-2-6-16(13)17/h1-11H,12,23H2,(H,24,26). The van der Waals surface area contributed by atoms with Crippen LogP contribution in [0.5, 0.6) is 0 Å². The van der Waals surface area contributed by atoms with Crippen molar-refractivity contribution in [1.82, 2.24) is 4.98 Å².